The number of aliphatic hydroxyl groups excluding tert-OH is 1. The molecule has 1 amide bonds. The van der Waals surface area contributed by atoms with Gasteiger partial charge < -0.3 is 15.2 Å². The van der Waals surface area contributed by atoms with Crippen molar-refractivity contribution in [2.24, 2.45) is 11.8 Å². The molecule has 1 rings (SSSR count). The monoisotopic (exact) mass is 229 g/mol. The maximum absolute atomic E-state index is 11.6. The summed E-state index contributed by atoms with van der Waals surface area (Å²) in [5.74, 6) is 0.502. The minimum Gasteiger partial charge on any atom is -0.444 e. The Hall–Kier alpha value is -0.770. The van der Waals surface area contributed by atoms with E-state index in [9.17, 15) is 9.90 Å². The highest BCUT2D eigenvalue weighted by atomic mass is 16.6. The topological polar surface area (TPSA) is 58.6 Å². The summed E-state index contributed by atoms with van der Waals surface area (Å²) in [6.07, 6.45) is -0.109. The van der Waals surface area contributed by atoms with Crippen molar-refractivity contribution in [1.29, 1.82) is 0 Å². The van der Waals surface area contributed by atoms with Crippen LogP contribution in [-0.2, 0) is 4.74 Å². The lowest BCUT2D eigenvalue weighted by Crippen LogP contribution is -2.40. The molecule has 0 aliphatic heterocycles. The first kappa shape index (κ1) is 13.3. The summed E-state index contributed by atoms with van der Waals surface area (Å²) in [7, 11) is 0. The lowest BCUT2D eigenvalue weighted by molar-refractivity contribution is 0.0492. The van der Waals surface area contributed by atoms with E-state index in [0.29, 0.717) is 6.42 Å². The molecule has 0 radical (unpaired) electrons. The summed E-state index contributed by atoms with van der Waals surface area (Å²) in [6, 6.07) is 0.0137. The number of carbonyl (C=O) groups is 1. The molecule has 0 spiro atoms. The highest BCUT2D eigenvalue weighted by molar-refractivity contribution is 5.68. The van der Waals surface area contributed by atoms with Crippen molar-refractivity contribution in [1.82, 2.24) is 5.32 Å². The number of hydrogen-bond acceptors (Lipinski definition) is 3. The van der Waals surface area contributed by atoms with Gasteiger partial charge in [-0.2, -0.15) is 0 Å². The number of aliphatic hydroxyl groups is 1. The zero-order valence-corrected chi connectivity index (χ0v) is 10.8. The molecule has 94 valence electrons. The summed E-state index contributed by atoms with van der Waals surface area (Å²) in [6.45, 7) is 9.56. The fraction of sp³-hybridized carbons (Fsp3) is 0.917. The Morgan fingerprint density at radius 2 is 1.88 bits per heavy atom. The molecule has 1 aliphatic rings. The Morgan fingerprint density at radius 3 is 2.25 bits per heavy atom. The maximum atomic E-state index is 11.6. The van der Waals surface area contributed by atoms with E-state index in [1.165, 1.54) is 0 Å². The van der Waals surface area contributed by atoms with Crippen LogP contribution in [-0.4, -0.2) is 28.9 Å². The van der Waals surface area contributed by atoms with Gasteiger partial charge in [-0.1, -0.05) is 13.8 Å². The standard InChI is InChI=1S/C12H23NO3/c1-7-8(2)10(14)6-9(7)13-11(15)16-12(3,4)5/h7-10,14H,6H2,1-5H3,(H,13,15)/t7-,8+,9?,10-/m1/s1. The predicted octanol–water partition coefficient (Wildman–Crippen LogP) is 1.92. The van der Waals surface area contributed by atoms with Gasteiger partial charge in [0.1, 0.15) is 5.60 Å². The van der Waals surface area contributed by atoms with Gasteiger partial charge in [-0.25, -0.2) is 4.79 Å². The maximum Gasteiger partial charge on any atom is 0.407 e. The van der Waals surface area contributed by atoms with Crippen molar-refractivity contribution in [3.05, 3.63) is 0 Å². The summed E-state index contributed by atoms with van der Waals surface area (Å²) in [5, 5.41) is 12.5. The number of rotatable bonds is 1. The molecule has 1 saturated carbocycles. The van der Waals surface area contributed by atoms with Crippen LogP contribution in [0.5, 0.6) is 0 Å². The number of carbonyl (C=O) groups excluding carboxylic acids is 1. The summed E-state index contributed by atoms with van der Waals surface area (Å²) in [5.41, 5.74) is -0.476. The average Bonchev–Trinajstić information content (AvgIpc) is 2.30. The van der Waals surface area contributed by atoms with Gasteiger partial charge in [0, 0.05) is 6.04 Å². The van der Waals surface area contributed by atoms with Crippen LogP contribution in [0.3, 0.4) is 0 Å². The number of amides is 1. The number of nitrogens with one attached hydrogen (secondary N) is 1. The van der Waals surface area contributed by atoms with Crippen LogP contribution in [0, 0.1) is 11.8 Å². The second-order valence-electron chi connectivity index (χ2n) is 5.77. The number of hydrogen-bond donors (Lipinski definition) is 2. The second kappa shape index (κ2) is 4.62. The number of alkyl carbamates (subject to hydrolysis) is 1. The smallest absolute Gasteiger partial charge is 0.407 e. The molecule has 0 aromatic rings. The van der Waals surface area contributed by atoms with Crippen LogP contribution < -0.4 is 5.32 Å². The summed E-state index contributed by atoms with van der Waals surface area (Å²) >= 11 is 0. The van der Waals surface area contributed by atoms with Crippen molar-refractivity contribution in [2.75, 3.05) is 0 Å². The largest absolute Gasteiger partial charge is 0.444 e. The molecular formula is C12H23NO3. The third-order valence-corrected chi connectivity index (χ3v) is 3.27. The van der Waals surface area contributed by atoms with E-state index in [2.05, 4.69) is 5.32 Å². The Morgan fingerprint density at radius 1 is 1.31 bits per heavy atom. The zero-order chi connectivity index (χ0) is 12.5. The minimum absolute atomic E-state index is 0.0137. The second-order valence-corrected chi connectivity index (χ2v) is 5.77. The van der Waals surface area contributed by atoms with Crippen molar-refractivity contribution in [3.8, 4) is 0 Å². The molecule has 1 unspecified atom stereocenters. The number of ether oxygens (including phenoxy) is 1. The highest BCUT2D eigenvalue weighted by Gasteiger charge is 2.38. The fourth-order valence-corrected chi connectivity index (χ4v) is 2.06. The van der Waals surface area contributed by atoms with Crippen molar-refractivity contribution in [3.63, 3.8) is 0 Å². The predicted molar refractivity (Wildman–Crippen MR) is 62.1 cm³/mol. The molecule has 0 aromatic heterocycles. The third-order valence-electron chi connectivity index (χ3n) is 3.27. The molecule has 0 saturated heterocycles. The molecular weight excluding hydrogens is 206 g/mol. The van der Waals surface area contributed by atoms with E-state index < -0.39 is 11.7 Å². The zero-order valence-electron chi connectivity index (χ0n) is 10.8. The van der Waals surface area contributed by atoms with Crippen LogP contribution in [0.25, 0.3) is 0 Å². The first-order valence-corrected chi connectivity index (χ1v) is 5.88. The summed E-state index contributed by atoms with van der Waals surface area (Å²) < 4.78 is 5.19. The highest BCUT2D eigenvalue weighted by Crippen LogP contribution is 2.31. The van der Waals surface area contributed by atoms with Gasteiger partial charge in [-0.15, -0.1) is 0 Å². The van der Waals surface area contributed by atoms with E-state index in [0.717, 1.165) is 0 Å². The lowest BCUT2D eigenvalue weighted by atomic mass is 9.97. The Labute approximate surface area is 97.4 Å². The van der Waals surface area contributed by atoms with Gasteiger partial charge in [0.2, 0.25) is 0 Å². The fourth-order valence-electron chi connectivity index (χ4n) is 2.06. The molecule has 1 fully saturated rings. The van der Waals surface area contributed by atoms with Gasteiger partial charge in [-0.3, -0.25) is 0 Å². The van der Waals surface area contributed by atoms with E-state index in [-0.39, 0.29) is 24.0 Å². The molecule has 4 nitrogen and oxygen atoms in total. The summed E-state index contributed by atoms with van der Waals surface area (Å²) in [4.78, 5) is 11.6. The van der Waals surface area contributed by atoms with E-state index in [1.54, 1.807) is 0 Å². The van der Waals surface area contributed by atoms with Crippen LogP contribution >= 0.6 is 0 Å². The first-order valence-electron chi connectivity index (χ1n) is 5.88. The average molecular weight is 229 g/mol. The van der Waals surface area contributed by atoms with Crippen LogP contribution in [0.4, 0.5) is 4.79 Å². The normalized spacial score (nSPS) is 34.9. The molecule has 2 N–H and O–H groups in total. The van der Waals surface area contributed by atoms with Crippen molar-refractivity contribution in [2.45, 2.75) is 58.8 Å². The Kier molecular flexibility index (Phi) is 3.84. The molecule has 4 atom stereocenters. The van der Waals surface area contributed by atoms with Gasteiger partial charge in [-0.05, 0) is 39.0 Å². The molecule has 4 heteroatoms. The lowest BCUT2D eigenvalue weighted by Gasteiger charge is -2.23. The first-order chi connectivity index (χ1) is 7.20. The van der Waals surface area contributed by atoms with E-state index in [1.807, 2.05) is 34.6 Å². The van der Waals surface area contributed by atoms with Crippen molar-refractivity contribution < 1.29 is 14.6 Å². The minimum atomic E-state index is -0.476. The third kappa shape index (κ3) is 3.37. The van der Waals surface area contributed by atoms with E-state index >= 15 is 0 Å². The Balaban J connectivity index is 2.47. The van der Waals surface area contributed by atoms with Gasteiger partial charge >= 0.3 is 6.09 Å². The molecule has 1 aliphatic carbocycles. The van der Waals surface area contributed by atoms with Crippen molar-refractivity contribution >= 4 is 6.09 Å². The SMILES string of the molecule is C[C@@H]1[C@H](O)CC(NC(=O)OC(C)(C)C)[C@@H]1C. The van der Waals surface area contributed by atoms with Crippen LogP contribution in [0.1, 0.15) is 41.0 Å². The molecule has 0 heterocycles. The van der Waals surface area contributed by atoms with Gasteiger partial charge in [0.15, 0.2) is 0 Å². The van der Waals surface area contributed by atoms with Crippen LogP contribution in [0.2, 0.25) is 0 Å². The van der Waals surface area contributed by atoms with E-state index in [4.69, 9.17) is 4.74 Å². The molecule has 16 heavy (non-hydrogen) atoms. The van der Waals surface area contributed by atoms with Gasteiger partial charge in [0.25, 0.3) is 0 Å². The molecule has 0 aromatic carbocycles. The van der Waals surface area contributed by atoms with Crippen LogP contribution in [0.15, 0.2) is 0 Å². The van der Waals surface area contributed by atoms with Gasteiger partial charge in [0.05, 0.1) is 6.10 Å². The Bertz CT molecular complexity index is 259. The quantitative estimate of drug-likeness (QED) is 0.722. The molecule has 0 bridgehead atoms.